The van der Waals surface area contributed by atoms with Gasteiger partial charge in [-0.15, -0.1) is 0 Å². The molecule has 3 aromatic rings. The van der Waals surface area contributed by atoms with Gasteiger partial charge in [-0.25, -0.2) is 0 Å². The maximum atomic E-state index is 12.8. The van der Waals surface area contributed by atoms with E-state index in [0.717, 1.165) is 53.7 Å². The summed E-state index contributed by atoms with van der Waals surface area (Å²) < 4.78 is 8.41. The van der Waals surface area contributed by atoms with Crippen molar-refractivity contribution < 1.29 is 38.0 Å². The number of quaternary nitrogens is 1. The Hall–Kier alpha value is -1.90. The Balaban J connectivity index is 0.00000256. The van der Waals surface area contributed by atoms with Gasteiger partial charge in [0.15, 0.2) is 0 Å². The van der Waals surface area contributed by atoms with Gasteiger partial charge in [0.1, 0.15) is 12.2 Å². The molecule has 0 aliphatic carbocycles. The predicted octanol–water partition coefficient (Wildman–Crippen LogP) is 1.19. The number of anilines is 1. The fourth-order valence-electron chi connectivity index (χ4n) is 4.38. The van der Waals surface area contributed by atoms with Gasteiger partial charge in [0.05, 0.1) is 33.4 Å². The highest BCUT2D eigenvalue weighted by atomic mass is 127. The lowest BCUT2D eigenvalue weighted by molar-refractivity contribution is -0.929. The molecule has 0 spiro atoms. The van der Waals surface area contributed by atoms with Crippen LogP contribution in [-0.4, -0.2) is 48.3 Å². The number of rotatable bonds is 5. The molecule has 1 aromatic heterocycles. The number of ether oxygens (including phenoxy) is 1. The van der Waals surface area contributed by atoms with Crippen LogP contribution in [0.3, 0.4) is 0 Å². The van der Waals surface area contributed by atoms with E-state index in [1.807, 2.05) is 54.1 Å². The molecular weight excluding hydrogens is 489 g/mol. The van der Waals surface area contributed by atoms with Crippen LogP contribution in [0.4, 0.5) is 5.69 Å². The minimum absolute atomic E-state index is 0. The SMILES string of the molecule is Cn1c(C(=O)Nc2ccc(C[N+](C)(C)C3CCOCC3)cc2)cc2ccccc21.[I-]. The Kier molecular flexibility index (Phi) is 7.21. The number of carbonyl (C=O) groups excluding carboxylic acids is 1. The molecule has 2 aromatic carbocycles. The quantitative estimate of drug-likeness (QED) is 0.407. The Morgan fingerprint density at radius 3 is 2.43 bits per heavy atom. The molecule has 30 heavy (non-hydrogen) atoms. The molecule has 2 heterocycles. The summed E-state index contributed by atoms with van der Waals surface area (Å²) in [5, 5.41) is 4.10. The number of amides is 1. The van der Waals surface area contributed by atoms with Crippen LogP contribution >= 0.6 is 0 Å². The third-order valence-corrected chi connectivity index (χ3v) is 6.17. The average Bonchev–Trinajstić information content (AvgIpc) is 3.07. The summed E-state index contributed by atoms with van der Waals surface area (Å²) in [6, 6.07) is 18.8. The molecule has 160 valence electrons. The summed E-state index contributed by atoms with van der Waals surface area (Å²) in [4.78, 5) is 12.8. The zero-order valence-electron chi connectivity index (χ0n) is 17.9. The van der Waals surface area contributed by atoms with Crippen LogP contribution < -0.4 is 29.3 Å². The maximum Gasteiger partial charge on any atom is 0.272 e. The summed E-state index contributed by atoms with van der Waals surface area (Å²) in [5.41, 5.74) is 3.82. The lowest BCUT2D eigenvalue weighted by Crippen LogP contribution is -3.00. The average molecular weight is 519 g/mol. The molecule has 0 atom stereocenters. The van der Waals surface area contributed by atoms with Gasteiger partial charge in [0.2, 0.25) is 0 Å². The van der Waals surface area contributed by atoms with Crippen molar-refractivity contribution in [1.82, 2.24) is 4.57 Å². The summed E-state index contributed by atoms with van der Waals surface area (Å²) in [7, 11) is 6.52. The predicted molar refractivity (Wildman–Crippen MR) is 117 cm³/mol. The van der Waals surface area contributed by atoms with Crippen LogP contribution in [0.2, 0.25) is 0 Å². The molecule has 1 fully saturated rings. The zero-order chi connectivity index (χ0) is 20.4. The van der Waals surface area contributed by atoms with Gasteiger partial charge < -0.3 is 43.1 Å². The number of hydrogen-bond donors (Lipinski definition) is 1. The number of aryl methyl sites for hydroxylation is 1. The van der Waals surface area contributed by atoms with Crippen LogP contribution in [0.5, 0.6) is 0 Å². The largest absolute Gasteiger partial charge is 1.00 e. The molecule has 1 saturated heterocycles. The molecule has 1 amide bonds. The number of nitrogens with one attached hydrogen (secondary N) is 1. The van der Waals surface area contributed by atoms with E-state index in [4.69, 9.17) is 4.74 Å². The summed E-state index contributed by atoms with van der Waals surface area (Å²) >= 11 is 0. The fourth-order valence-corrected chi connectivity index (χ4v) is 4.38. The van der Waals surface area contributed by atoms with Crippen molar-refractivity contribution in [2.45, 2.75) is 25.4 Å². The highest BCUT2D eigenvalue weighted by molar-refractivity contribution is 6.06. The number of carbonyl (C=O) groups is 1. The zero-order valence-corrected chi connectivity index (χ0v) is 20.1. The number of para-hydroxylation sites is 1. The maximum absolute atomic E-state index is 12.8. The van der Waals surface area contributed by atoms with Gasteiger partial charge in [-0.1, -0.05) is 30.3 Å². The standard InChI is InChI=1S/C24H29N3O2.HI/c1-26-22-7-5-4-6-19(22)16-23(26)24(28)25-20-10-8-18(9-11-20)17-27(2,3)21-12-14-29-15-13-21;/h4-11,16,21H,12-15,17H2,1-3H3;1H. The van der Waals surface area contributed by atoms with Gasteiger partial charge in [-0.2, -0.15) is 0 Å². The van der Waals surface area contributed by atoms with E-state index in [9.17, 15) is 4.79 Å². The first-order valence-corrected chi connectivity index (χ1v) is 10.3. The number of fused-ring (bicyclic) bond motifs is 1. The highest BCUT2D eigenvalue weighted by Crippen LogP contribution is 2.23. The number of halogens is 1. The van der Waals surface area contributed by atoms with Crippen LogP contribution in [0, 0.1) is 0 Å². The number of hydrogen-bond acceptors (Lipinski definition) is 2. The first-order valence-electron chi connectivity index (χ1n) is 10.3. The second-order valence-corrected chi connectivity index (χ2v) is 8.58. The molecule has 0 saturated carbocycles. The van der Waals surface area contributed by atoms with E-state index in [-0.39, 0.29) is 29.9 Å². The summed E-state index contributed by atoms with van der Waals surface area (Å²) in [5.74, 6) is -0.0882. The van der Waals surface area contributed by atoms with Crippen molar-refractivity contribution in [2.24, 2.45) is 7.05 Å². The van der Waals surface area contributed by atoms with Crippen molar-refractivity contribution in [3.05, 3.63) is 65.9 Å². The highest BCUT2D eigenvalue weighted by Gasteiger charge is 2.30. The second kappa shape index (κ2) is 9.49. The van der Waals surface area contributed by atoms with Crippen LogP contribution in [0.15, 0.2) is 54.6 Å². The molecule has 4 rings (SSSR count). The van der Waals surface area contributed by atoms with Crippen LogP contribution in [0.25, 0.3) is 10.9 Å². The number of nitrogens with zero attached hydrogens (tertiary/aromatic N) is 2. The van der Waals surface area contributed by atoms with E-state index in [2.05, 4.69) is 31.5 Å². The molecule has 1 aliphatic rings. The van der Waals surface area contributed by atoms with E-state index in [1.165, 1.54) is 5.56 Å². The molecule has 6 heteroatoms. The third-order valence-electron chi connectivity index (χ3n) is 6.17. The number of benzene rings is 2. The molecule has 5 nitrogen and oxygen atoms in total. The van der Waals surface area contributed by atoms with E-state index in [0.29, 0.717) is 11.7 Å². The molecule has 1 N–H and O–H groups in total. The van der Waals surface area contributed by atoms with E-state index >= 15 is 0 Å². The second-order valence-electron chi connectivity index (χ2n) is 8.58. The third kappa shape index (κ3) is 4.87. The molecule has 1 aliphatic heterocycles. The normalized spacial score (nSPS) is 15.0. The van der Waals surface area contributed by atoms with Crippen molar-refractivity contribution in [1.29, 1.82) is 0 Å². The monoisotopic (exact) mass is 519 g/mol. The summed E-state index contributed by atoms with van der Waals surface area (Å²) in [6.07, 6.45) is 2.23. The van der Waals surface area contributed by atoms with E-state index in [1.54, 1.807) is 0 Å². The Labute approximate surface area is 195 Å². The number of aromatic nitrogens is 1. The van der Waals surface area contributed by atoms with Gasteiger partial charge in [0, 0.05) is 42.0 Å². The van der Waals surface area contributed by atoms with Crippen LogP contribution in [-0.2, 0) is 18.3 Å². The topological polar surface area (TPSA) is 43.3 Å². The molecule has 0 unspecified atom stereocenters. The fraction of sp³-hybridized carbons (Fsp3) is 0.375. The van der Waals surface area contributed by atoms with Crippen LogP contribution in [0.1, 0.15) is 28.9 Å². The minimum atomic E-state index is -0.0882. The lowest BCUT2D eigenvalue weighted by atomic mass is 10.0. The van der Waals surface area contributed by atoms with Gasteiger partial charge >= 0.3 is 0 Å². The van der Waals surface area contributed by atoms with Crippen molar-refractivity contribution >= 4 is 22.5 Å². The molecule has 0 bridgehead atoms. The van der Waals surface area contributed by atoms with E-state index < -0.39 is 0 Å². The van der Waals surface area contributed by atoms with Crippen molar-refractivity contribution in [3.8, 4) is 0 Å². The first-order chi connectivity index (χ1) is 13.9. The van der Waals surface area contributed by atoms with Crippen molar-refractivity contribution in [2.75, 3.05) is 32.6 Å². The Bertz CT molecular complexity index is 1000. The first kappa shape index (κ1) is 22.8. The Morgan fingerprint density at radius 2 is 1.77 bits per heavy atom. The van der Waals surface area contributed by atoms with Gasteiger partial charge in [0.25, 0.3) is 5.91 Å². The van der Waals surface area contributed by atoms with Gasteiger partial charge in [-0.3, -0.25) is 4.79 Å². The lowest BCUT2D eigenvalue weighted by Gasteiger charge is -2.40. The molecule has 0 radical (unpaired) electrons. The molecular formula is C24H30IN3O2. The van der Waals surface area contributed by atoms with Crippen molar-refractivity contribution in [3.63, 3.8) is 0 Å². The Morgan fingerprint density at radius 1 is 1.10 bits per heavy atom. The minimum Gasteiger partial charge on any atom is -1.00 e. The smallest absolute Gasteiger partial charge is 0.272 e. The summed E-state index contributed by atoms with van der Waals surface area (Å²) in [6.45, 7) is 2.71. The van der Waals surface area contributed by atoms with Gasteiger partial charge in [-0.05, 0) is 24.3 Å².